The second-order valence-corrected chi connectivity index (χ2v) is 7.19. The Morgan fingerprint density at radius 2 is 1.77 bits per heavy atom. The number of fused-ring (bicyclic) bond motifs is 2. The molecule has 8 heteroatoms. The average molecular weight is 417 g/mol. The highest BCUT2D eigenvalue weighted by molar-refractivity contribution is 6.11. The molecule has 3 amide bonds. The van der Waals surface area contributed by atoms with Crippen molar-refractivity contribution in [2.45, 2.75) is 12.3 Å². The first kappa shape index (κ1) is 19.0. The van der Waals surface area contributed by atoms with Gasteiger partial charge in [0.05, 0.1) is 5.69 Å². The fraction of sp³-hybridized carbons (Fsp3) is 0.130. The first-order chi connectivity index (χ1) is 15.1. The molecular formula is C23H19N3O5. The van der Waals surface area contributed by atoms with Gasteiger partial charge in [-0.15, -0.1) is 0 Å². The van der Waals surface area contributed by atoms with Crippen molar-refractivity contribution in [3.8, 4) is 11.5 Å². The van der Waals surface area contributed by atoms with Gasteiger partial charge < -0.3 is 25.2 Å². The van der Waals surface area contributed by atoms with Crippen molar-refractivity contribution in [3.05, 3.63) is 83.9 Å². The third-order valence-corrected chi connectivity index (χ3v) is 5.29. The van der Waals surface area contributed by atoms with Gasteiger partial charge in [-0.1, -0.05) is 42.5 Å². The monoisotopic (exact) mass is 417 g/mol. The number of aliphatic hydroxyl groups is 1. The van der Waals surface area contributed by atoms with Crippen LogP contribution in [0, 0.1) is 0 Å². The van der Waals surface area contributed by atoms with Crippen LogP contribution in [-0.4, -0.2) is 23.8 Å². The fourth-order valence-corrected chi connectivity index (χ4v) is 3.80. The number of carbonyl (C=O) groups is 2. The maximum atomic E-state index is 13.4. The van der Waals surface area contributed by atoms with Crippen LogP contribution >= 0.6 is 0 Å². The lowest BCUT2D eigenvalue weighted by Crippen LogP contribution is -2.62. The molecule has 3 N–H and O–H groups in total. The number of amides is 3. The predicted molar refractivity (Wildman–Crippen MR) is 113 cm³/mol. The van der Waals surface area contributed by atoms with Crippen LogP contribution in [0.3, 0.4) is 0 Å². The van der Waals surface area contributed by atoms with Crippen molar-refractivity contribution < 1.29 is 24.2 Å². The molecule has 0 spiro atoms. The second kappa shape index (κ2) is 7.33. The van der Waals surface area contributed by atoms with Crippen molar-refractivity contribution >= 4 is 23.3 Å². The van der Waals surface area contributed by atoms with Gasteiger partial charge in [-0.05, 0) is 35.9 Å². The van der Waals surface area contributed by atoms with Crippen LogP contribution in [-0.2, 0) is 17.1 Å². The molecule has 3 aromatic rings. The van der Waals surface area contributed by atoms with E-state index in [0.717, 1.165) is 10.5 Å². The fourth-order valence-electron chi connectivity index (χ4n) is 3.80. The highest BCUT2D eigenvalue weighted by Gasteiger charge is 2.51. The number of anilines is 2. The number of hydrogen-bond acceptors (Lipinski definition) is 5. The number of nitrogens with zero attached hydrogens (tertiary/aromatic N) is 1. The summed E-state index contributed by atoms with van der Waals surface area (Å²) in [6.45, 7) is 0.285. The molecule has 2 aliphatic heterocycles. The highest BCUT2D eigenvalue weighted by Crippen LogP contribution is 2.39. The predicted octanol–water partition coefficient (Wildman–Crippen LogP) is 2.93. The Kier molecular flexibility index (Phi) is 4.48. The Morgan fingerprint density at radius 1 is 1.03 bits per heavy atom. The Labute approximate surface area is 178 Å². The van der Waals surface area contributed by atoms with E-state index in [9.17, 15) is 14.7 Å². The molecule has 0 bridgehead atoms. The third kappa shape index (κ3) is 3.13. The van der Waals surface area contributed by atoms with E-state index in [1.165, 1.54) is 0 Å². The largest absolute Gasteiger partial charge is 0.454 e. The number of nitrogens with one attached hydrogen (secondary N) is 2. The summed E-state index contributed by atoms with van der Waals surface area (Å²) in [6.07, 6.45) is 0. The number of carbonyl (C=O) groups excluding carboxylic acids is 2. The maximum absolute atomic E-state index is 13.4. The molecule has 0 radical (unpaired) electrons. The van der Waals surface area contributed by atoms with E-state index in [0.29, 0.717) is 22.9 Å². The zero-order chi connectivity index (χ0) is 21.4. The maximum Gasteiger partial charge on any atom is 0.329 e. The summed E-state index contributed by atoms with van der Waals surface area (Å²) in [4.78, 5) is 27.4. The molecule has 2 aliphatic rings. The van der Waals surface area contributed by atoms with Gasteiger partial charge in [0, 0.05) is 17.8 Å². The van der Waals surface area contributed by atoms with Crippen LogP contribution in [0.15, 0.2) is 72.8 Å². The van der Waals surface area contributed by atoms with Crippen LogP contribution in [0.5, 0.6) is 11.5 Å². The summed E-state index contributed by atoms with van der Waals surface area (Å²) >= 11 is 0. The first-order valence-electron chi connectivity index (χ1n) is 9.72. The Balaban J connectivity index is 1.50. The van der Waals surface area contributed by atoms with Crippen molar-refractivity contribution in [3.63, 3.8) is 0 Å². The van der Waals surface area contributed by atoms with Crippen molar-refractivity contribution in [2.75, 3.05) is 17.0 Å². The normalized spacial score (nSPS) is 18.9. The minimum absolute atomic E-state index is 0.129. The SMILES string of the molecule is O=C1Nc2ccccc2C(O)(C(=O)NCc2ccc3c(c2)OCO3)N1c1ccccc1. The smallest absolute Gasteiger partial charge is 0.329 e. The average Bonchev–Trinajstić information content (AvgIpc) is 3.26. The van der Waals surface area contributed by atoms with Crippen LogP contribution in [0.4, 0.5) is 16.2 Å². The summed E-state index contributed by atoms with van der Waals surface area (Å²) in [5.74, 6) is 0.511. The Bertz CT molecular complexity index is 1170. The van der Waals surface area contributed by atoms with Gasteiger partial charge in [-0.25, -0.2) is 4.79 Å². The molecular weight excluding hydrogens is 398 g/mol. The highest BCUT2D eigenvalue weighted by atomic mass is 16.7. The van der Waals surface area contributed by atoms with Crippen LogP contribution in [0.2, 0.25) is 0 Å². The topological polar surface area (TPSA) is 100 Å². The molecule has 0 aliphatic carbocycles. The molecule has 0 aromatic heterocycles. The number of urea groups is 1. The van der Waals surface area contributed by atoms with E-state index in [1.807, 2.05) is 0 Å². The lowest BCUT2D eigenvalue weighted by Gasteiger charge is -2.42. The molecule has 8 nitrogen and oxygen atoms in total. The number of ether oxygens (including phenoxy) is 2. The number of rotatable bonds is 4. The van der Waals surface area contributed by atoms with Gasteiger partial charge in [-0.3, -0.25) is 9.69 Å². The number of benzene rings is 3. The summed E-state index contributed by atoms with van der Waals surface area (Å²) in [5.41, 5.74) is -0.435. The van der Waals surface area contributed by atoms with E-state index in [-0.39, 0.29) is 18.9 Å². The molecule has 0 saturated carbocycles. The van der Waals surface area contributed by atoms with E-state index in [1.54, 1.807) is 72.8 Å². The number of hydrogen-bond donors (Lipinski definition) is 3. The van der Waals surface area contributed by atoms with E-state index >= 15 is 0 Å². The second-order valence-electron chi connectivity index (χ2n) is 7.19. The third-order valence-electron chi connectivity index (χ3n) is 5.29. The van der Waals surface area contributed by atoms with Crippen LogP contribution in [0.25, 0.3) is 0 Å². The van der Waals surface area contributed by atoms with Gasteiger partial charge in [0.2, 0.25) is 6.79 Å². The number of para-hydroxylation sites is 2. The molecule has 2 heterocycles. The molecule has 1 unspecified atom stereocenters. The summed E-state index contributed by atoms with van der Waals surface area (Å²) in [5, 5.41) is 17.2. The molecule has 3 aromatic carbocycles. The van der Waals surface area contributed by atoms with Crippen molar-refractivity contribution in [1.82, 2.24) is 5.32 Å². The van der Waals surface area contributed by atoms with Crippen LogP contribution in [0.1, 0.15) is 11.1 Å². The lowest BCUT2D eigenvalue weighted by atomic mass is 9.94. The molecule has 156 valence electrons. The van der Waals surface area contributed by atoms with E-state index < -0.39 is 17.7 Å². The van der Waals surface area contributed by atoms with E-state index in [4.69, 9.17) is 9.47 Å². The Hall–Kier alpha value is -4.04. The molecule has 31 heavy (non-hydrogen) atoms. The quantitative estimate of drug-likeness (QED) is 0.606. The minimum Gasteiger partial charge on any atom is -0.454 e. The minimum atomic E-state index is -2.24. The Morgan fingerprint density at radius 3 is 2.61 bits per heavy atom. The van der Waals surface area contributed by atoms with Crippen LogP contribution < -0.4 is 25.0 Å². The van der Waals surface area contributed by atoms with Gasteiger partial charge in [0.1, 0.15) is 0 Å². The molecule has 1 atom stereocenters. The first-order valence-corrected chi connectivity index (χ1v) is 9.72. The summed E-state index contributed by atoms with van der Waals surface area (Å²) in [6, 6.07) is 20.0. The standard InChI is InChI=1S/C23H19N3O5/c27-21(24-13-15-10-11-19-20(12-15)31-14-30-19)23(29)17-8-4-5-9-18(17)25-22(28)26(23)16-6-2-1-3-7-16/h1-12,29H,13-14H2,(H,24,27)(H,25,28). The zero-order valence-electron chi connectivity index (χ0n) is 16.4. The molecule has 0 saturated heterocycles. The van der Waals surface area contributed by atoms with Gasteiger partial charge in [0.25, 0.3) is 11.6 Å². The van der Waals surface area contributed by atoms with Crippen molar-refractivity contribution in [1.29, 1.82) is 0 Å². The van der Waals surface area contributed by atoms with Crippen molar-refractivity contribution in [2.24, 2.45) is 0 Å². The van der Waals surface area contributed by atoms with Gasteiger partial charge in [-0.2, -0.15) is 0 Å². The van der Waals surface area contributed by atoms with Gasteiger partial charge in [0.15, 0.2) is 11.5 Å². The molecule has 0 fully saturated rings. The lowest BCUT2D eigenvalue weighted by molar-refractivity contribution is -0.140. The summed E-state index contributed by atoms with van der Waals surface area (Å²) < 4.78 is 10.7. The van der Waals surface area contributed by atoms with Gasteiger partial charge >= 0.3 is 6.03 Å². The summed E-state index contributed by atoms with van der Waals surface area (Å²) in [7, 11) is 0. The van der Waals surface area contributed by atoms with E-state index in [2.05, 4.69) is 10.6 Å². The molecule has 5 rings (SSSR count). The zero-order valence-corrected chi connectivity index (χ0v) is 16.4.